The molecule has 0 spiro atoms. The van der Waals surface area contributed by atoms with Crippen LogP contribution < -0.4 is 10.6 Å². The zero-order chi connectivity index (χ0) is 27.5. The third kappa shape index (κ3) is 4.36. The Morgan fingerprint density at radius 2 is 1.82 bits per heavy atom. The standard InChI is InChI=1S/C26H18ClF5N4O2/c1-11(2)36-23-21-19(35-36)6-5-18(33-24(37)12-7-13(26(30,31)32)9-15(29)8-12)20(21)22(34-25(23)38)16-10-14(28)3-4-17(16)27/h3-11,22H,1-2H3,(H,33,37)(H,34,38). The van der Waals surface area contributed by atoms with Crippen LogP contribution in [0.2, 0.25) is 5.02 Å². The van der Waals surface area contributed by atoms with Gasteiger partial charge in [0.05, 0.1) is 17.1 Å². The highest BCUT2D eigenvalue weighted by molar-refractivity contribution is 6.31. The minimum absolute atomic E-state index is 0.0928. The summed E-state index contributed by atoms with van der Waals surface area (Å²) in [6.45, 7) is 3.63. The Morgan fingerprint density at radius 3 is 2.50 bits per heavy atom. The number of hydrogen-bond donors (Lipinski definition) is 2. The van der Waals surface area contributed by atoms with Gasteiger partial charge < -0.3 is 10.6 Å². The molecule has 0 saturated carbocycles. The molecule has 0 radical (unpaired) electrons. The molecule has 4 aromatic rings. The molecule has 3 aromatic carbocycles. The lowest BCUT2D eigenvalue weighted by molar-refractivity contribution is -0.137. The second kappa shape index (κ2) is 9.09. The van der Waals surface area contributed by atoms with Crippen molar-refractivity contribution in [3.8, 4) is 0 Å². The molecule has 1 aromatic heterocycles. The van der Waals surface area contributed by atoms with Gasteiger partial charge in [0.15, 0.2) is 0 Å². The summed E-state index contributed by atoms with van der Waals surface area (Å²) in [6.07, 6.45) is -4.87. The Balaban J connectivity index is 1.70. The largest absolute Gasteiger partial charge is 0.416 e. The quantitative estimate of drug-likeness (QED) is 0.280. The lowest BCUT2D eigenvalue weighted by Gasteiger charge is -2.28. The van der Waals surface area contributed by atoms with Crippen LogP contribution in [0.15, 0.2) is 48.5 Å². The fourth-order valence-corrected chi connectivity index (χ4v) is 4.77. The summed E-state index contributed by atoms with van der Waals surface area (Å²) >= 11 is 6.35. The van der Waals surface area contributed by atoms with Gasteiger partial charge in [-0.05, 0) is 62.4 Å². The molecule has 1 aliphatic rings. The molecular formula is C26H18ClF5N4O2. The molecular weight excluding hydrogens is 531 g/mol. The maximum absolute atomic E-state index is 14.2. The number of amides is 2. The lowest BCUT2D eigenvalue weighted by atomic mass is 9.89. The fraction of sp³-hybridized carbons (Fsp3) is 0.192. The molecule has 2 amide bonds. The molecule has 38 heavy (non-hydrogen) atoms. The van der Waals surface area contributed by atoms with E-state index in [-0.39, 0.29) is 34.1 Å². The van der Waals surface area contributed by atoms with Gasteiger partial charge in [0.2, 0.25) is 0 Å². The first-order valence-corrected chi connectivity index (χ1v) is 11.7. The first-order valence-electron chi connectivity index (χ1n) is 11.3. The predicted octanol–water partition coefficient (Wildman–Crippen LogP) is 6.65. The van der Waals surface area contributed by atoms with Gasteiger partial charge in [-0.2, -0.15) is 18.3 Å². The third-order valence-electron chi connectivity index (χ3n) is 6.18. The van der Waals surface area contributed by atoms with Crippen molar-refractivity contribution in [2.75, 3.05) is 5.32 Å². The molecule has 1 aliphatic heterocycles. The van der Waals surface area contributed by atoms with E-state index in [1.54, 1.807) is 0 Å². The number of anilines is 1. The van der Waals surface area contributed by atoms with Gasteiger partial charge in [-0.15, -0.1) is 0 Å². The van der Waals surface area contributed by atoms with E-state index in [4.69, 9.17) is 11.6 Å². The molecule has 196 valence electrons. The molecule has 0 fully saturated rings. The number of aromatic nitrogens is 2. The third-order valence-corrected chi connectivity index (χ3v) is 6.52. The number of alkyl halides is 3. The number of nitrogens with one attached hydrogen (secondary N) is 2. The molecule has 2 heterocycles. The molecule has 2 N–H and O–H groups in total. The van der Waals surface area contributed by atoms with Crippen LogP contribution in [0.1, 0.15) is 63.5 Å². The van der Waals surface area contributed by atoms with E-state index in [1.165, 1.54) is 22.9 Å². The van der Waals surface area contributed by atoms with Gasteiger partial charge in [-0.3, -0.25) is 14.3 Å². The maximum atomic E-state index is 14.2. The number of rotatable bonds is 4. The van der Waals surface area contributed by atoms with Crippen molar-refractivity contribution in [2.45, 2.75) is 32.1 Å². The molecule has 5 rings (SSSR count). The van der Waals surface area contributed by atoms with Crippen LogP contribution in [-0.2, 0) is 6.18 Å². The predicted molar refractivity (Wildman–Crippen MR) is 130 cm³/mol. The second-order valence-corrected chi connectivity index (χ2v) is 9.47. The molecule has 0 saturated heterocycles. The van der Waals surface area contributed by atoms with Gasteiger partial charge in [0.25, 0.3) is 11.8 Å². The summed E-state index contributed by atoms with van der Waals surface area (Å²) in [5.41, 5.74) is -0.711. The van der Waals surface area contributed by atoms with Gasteiger partial charge in [-0.25, -0.2) is 8.78 Å². The zero-order valence-electron chi connectivity index (χ0n) is 19.8. The molecule has 12 heteroatoms. The Hall–Kier alpha value is -3.99. The van der Waals surface area contributed by atoms with Gasteiger partial charge in [0.1, 0.15) is 17.3 Å². The van der Waals surface area contributed by atoms with Crippen molar-refractivity contribution < 1.29 is 31.5 Å². The molecule has 0 aliphatic carbocycles. The average Bonchev–Trinajstić information content (AvgIpc) is 3.24. The number of carbonyl (C=O) groups is 2. The minimum Gasteiger partial charge on any atom is -0.340 e. The first-order chi connectivity index (χ1) is 17.8. The summed E-state index contributed by atoms with van der Waals surface area (Å²) in [4.78, 5) is 26.3. The van der Waals surface area contributed by atoms with Crippen molar-refractivity contribution in [1.82, 2.24) is 15.1 Å². The summed E-state index contributed by atoms with van der Waals surface area (Å²) < 4.78 is 69.3. The highest BCUT2D eigenvalue weighted by Gasteiger charge is 2.36. The summed E-state index contributed by atoms with van der Waals surface area (Å²) in [5.74, 6) is -3.40. The van der Waals surface area contributed by atoms with Crippen LogP contribution >= 0.6 is 11.6 Å². The monoisotopic (exact) mass is 548 g/mol. The maximum Gasteiger partial charge on any atom is 0.416 e. The van der Waals surface area contributed by atoms with Crippen LogP contribution in [-0.4, -0.2) is 21.6 Å². The van der Waals surface area contributed by atoms with Crippen molar-refractivity contribution in [1.29, 1.82) is 0 Å². The topological polar surface area (TPSA) is 76.0 Å². The van der Waals surface area contributed by atoms with E-state index in [2.05, 4.69) is 15.7 Å². The van der Waals surface area contributed by atoms with E-state index in [1.807, 2.05) is 13.8 Å². The Bertz CT molecular complexity index is 1630. The molecule has 1 atom stereocenters. The van der Waals surface area contributed by atoms with Crippen LogP contribution in [0.4, 0.5) is 27.6 Å². The van der Waals surface area contributed by atoms with E-state index in [9.17, 15) is 31.5 Å². The number of nitrogens with zero attached hydrogens (tertiary/aromatic N) is 2. The highest BCUT2D eigenvalue weighted by Crippen LogP contribution is 2.42. The summed E-state index contributed by atoms with van der Waals surface area (Å²) in [6, 6.07) is 6.82. The smallest absolute Gasteiger partial charge is 0.340 e. The Labute approximate surface area is 217 Å². The van der Waals surface area contributed by atoms with Crippen molar-refractivity contribution in [3.05, 3.63) is 93.1 Å². The van der Waals surface area contributed by atoms with E-state index in [0.29, 0.717) is 28.6 Å². The van der Waals surface area contributed by atoms with E-state index < -0.39 is 46.8 Å². The van der Waals surface area contributed by atoms with Crippen LogP contribution in [0, 0.1) is 11.6 Å². The molecule has 1 unspecified atom stereocenters. The van der Waals surface area contributed by atoms with Crippen molar-refractivity contribution >= 4 is 40.0 Å². The number of benzene rings is 3. The van der Waals surface area contributed by atoms with Crippen molar-refractivity contribution in [2.24, 2.45) is 0 Å². The SMILES string of the molecule is CC(C)n1nc2ccc(NC(=O)c3cc(F)cc(C(F)(F)F)c3)c3c2c1C(=O)NC3c1cc(F)ccc1Cl. The number of halogens is 6. The average molecular weight is 549 g/mol. The van der Waals surface area contributed by atoms with Crippen molar-refractivity contribution in [3.63, 3.8) is 0 Å². The molecule has 0 bridgehead atoms. The van der Waals surface area contributed by atoms with Crippen LogP contribution in [0.5, 0.6) is 0 Å². The summed E-state index contributed by atoms with van der Waals surface area (Å²) in [7, 11) is 0. The van der Waals surface area contributed by atoms with Gasteiger partial charge >= 0.3 is 6.18 Å². The Kier molecular flexibility index (Phi) is 6.13. The first kappa shape index (κ1) is 25.7. The Morgan fingerprint density at radius 1 is 1.08 bits per heavy atom. The van der Waals surface area contributed by atoms with Gasteiger partial charge in [-0.1, -0.05) is 11.6 Å². The van der Waals surface area contributed by atoms with E-state index in [0.717, 1.165) is 12.1 Å². The zero-order valence-corrected chi connectivity index (χ0v) is 20.5. The summed E-state index contributed by atoms with van der Waals surface area (Å²) in [5, 5.41) is 10.3. The lowest BCUT2D eigenvalue weighted by Crippen LogP contribution is -2.36. The number of hydrogen-bond acceptors (Lipinski definition) is 3. The normalized spacial score (nSPS) is 15.2. The van der Waals surface area contributed by atoms with Gasteiger partial charge in [0, 0.05) is 38.8 Å². The fourth-order valence-electron chi connectivity index (χ4n) is 4.54. The highest BCUT2D eigenvalue weighted by atomic mass is 35.5. The molecule has 6 nitrogen and oxygen atoms in total. The van der Waals surface area contributed by atoms with Crippen LogP contribution in [0.25, 0.3) is 10.9 Å². The minimum atomic E-state index is -4.87. The van der Waals surface area contributed by atoms with Crippen LogP contribution in [0.3, 0.4) is 0 Å². The van der Waals surface area contributed by atoms with E-state index >= 15 is 0 Å². The second-order valence-electron chi connectivity index (χ2n) is 9.06. The number of carbonyl (C=O) groups excluding carboxylic acids is 2.